The molecule has 188 valence electrons. The van der Waals surface area contributed by atoms with E-state index in [-0.39, 0.29) is 25.3 Å². The van der Waals surface area contributed by atoms with Gasteiger partial charge in [-0.3, -0.25) is 14.4 Å². The smallest absolute Gasteiger partial charge is 0.245 e. The predicted octanol–water partition coefficient (Wildman–Crippen LogP) is 1.65. The summed E-state index contributed by atoms with van der Waals surface area (Å²) in [6, 6.07) is 14.8. The number of nitrogens with zero attached hydrogens (tertiary/aromatic N) is 1. The molecule has 2 aliphatic heterocycles. The number of hydrogen-bond acceptors (Lipinski definition) is 5. The van der Waals surface area contributed by atoms with Crippen molar-refractivity contribution < 1.29 is 22.8 Å². The number of hydrogen-bond donors (Lipinski definition) is 3. The molecule has 0 saturated carbocycles. The van der Waals surface area contributed by atoms with Crippen molar-refractivity contribution in [1.29, 1.82) is 0 Å². The van der Waals surface area contributed by atoms with Gasteiger partial charge in [-0.1, -0.05) is 48.5 Å². The van der Waals surface area contributed by atoms with E-state index in [2.05, 4.69) is 15.6 Å². The molecule has 1 aromatic heterocycles. The minimum Gasteiger partial charge on any atom is -0.361 e. The number of fused-ring (bicyclic) bond motifs is 2. The van der Waals surface area contributed by atoms with Crippen molar-refractivity contribution in [3.05, 3.63) is 71.9 Å². The summed E-state index contributed by atoms with van der Waals surface area (Å²) in [5, 5.41) is 5.58. The second-order valence-electron chi connectivity index (χ2n) is 9.84. The Hall–Kier alpha value is -3.66. The van der Waals surface area contributed by atoms with E-state index in [1.165, 1.54) is 13.8 Å². The van der Waals surface area contributed by atoms with E-state index in [1.807, 2.05) is 54.6 Å². The van der Waals surface area contributed by atoms with Crippen LogP contribution in [0.2, 0.25) is 0 Å². The van der Waals surface area contributed by atoms with Crippen LogP contribution in [0.3, 0.4) is 0 Å². The maximum atomic E-state index is 13.5. The van der Waals surface area contributed by atoms with Crippen LogP contribution < -0.4 is 10.6 Å². The number of benzene rings is 2. The first kappa shape index (κ1) is 24.1. The Morgan fingerprint density at radius 3 is 2.53 bits per heavy atom. The Bertz CT molecular complexity index is 1450. The van der Waals surface area contributed by atoms with E-state index in [0.29, 0.717) is 0 Å². The van der Waals surface area contributed by atoms with Gasteiger partial charge in [0.15, 0.2) is 9.84 Å². The molecule has 9 nitrogen and oxygen atoms in total. The Balaban J connectivity index is 1.41. The van der Waals surface area contributed by atoms with Gasteiger partial charge in [-0.05, 0) is 31.0 Å². The maximum Gasteiger partial charge on any atom is 0.245 e. The third kappa shape index (κ3) is 3.85. The van der Waals surface area contributed by atoms with Crippen molar-refractivity contribution in [3.8, 4) is 0 Å². The highest BCUT2D eigenvalue weighted by atomic mass is 32.2. The molecule has 3 N–H and O–H groups in total. The summed E-state index contributed by atoms with van der Waals surface area (Å²) in [6.45, 7) is 3.20. The number of β-lactam (4-membered cyclic amide) rings is 1. The van der Waals surface area contributed by atoms with Gasteiger partial charge in [0, 0.05) is 30.1 Å². The lowest BCUT2D eigenvalue weighted by Gasteiger charge is -2.37. The largest absolute Gasteiger partial charge is 0.361 e. The number of para-hydroxylation sites is 1. The zero-order valence-corrected chi connectivity index (χ0v) is 20.8. The van der Waals surface area contributed by atoms with Gasteiger partial charge in [-0.15, -0.1) is 0 Å². The lowest BCUT2D eigenvalue weighted by Crippen LogP contribution is -2.61. The van der Waals surface area contributed by atoms with E-state index in [0.717, 1.165) is 26.9 Å². The van der Waals surface area contributed by atoms with E-state index in [4.69, 9.17) is 0 Å². The summed E-state index contributed by atoms with van der Waals surface area (Å²) >= 11 is 0. The second kappa shape index (κ2) is 8.77. The number of H-pyrrole nitrogens is 1. The average molecular weight is 509 g/mol. The number of amides is 3. The molecule has 2 fully saturated rings. The fraction of sp³-hybridized carbons (Fsp3) is 0.346. The first-order valence-corrected chi connectivity index (χ1v) is 13.4. The third-order valence-electron chi connectivity index (χ3n) is 7.27. The SMILES string of the molecule is CC1(C)C(C(=O)NC(Cc2c[nH]c3ccccc23)C(=O)NCc2ccccc2)N2C(=O)CC2S1(=O)=O. The molecular weight excluding hydrogens is 480 g/mol. The van der Waals surface area contributed by atoms with Crippen LogP contribution in [-0.4, -0.2) is 58.2 Å². The lowest BCUT2D eigenvalue weighted by atomic mass is 9.96. The molecule has 0 spiro atoms. The molecular formula is C26H28N4O5S. The highest BCUT2D eigenvalue weighted by Gasteiger charge is 2.67. The molecule has 3 aromatic rings. The highest BCUT2D eigenvalue weighted by Crippen LogP contribution is 2.45. The van der Waals surface area contributed by atoms with E-state index in [1.54, 1.807) is 6.20 Å². The first-order valence-electron chi connectivity index (χ1n) is 11.8. The summed E-state index contributed by atoms with van der Waals surface area (Å²) < 4.78 is 24.4. The highest BCUT2D eigenvalue weighted by molar-refractivity contribution is 7.93. The van der Waals surface area contributed by atoms with Crippen LogP contribution in [0.25, 0.3) is 10.9 Å². The molecule has 36 heavy (non-hydrogen) atoms. The zero-order chi connectivity index (χ0) is 25.7. The van der Waals surface area contributed by atoms with Gasteiger partial charge in [-0.2, -0.15) is 0 Å². The molecule has 2 saturated heterocycles. The van der Waals surface area contributed by atoms with Crippen molar-refractivity contribution in [1.82, 2.24) is 20.5 Å². The van der Waals surface area contributed by atoms with Crippen molar-refractivity contribution in [2.45, 2.75) is 55.4 Å². The average Bonchev–Trinajstić information content (AvgIpc) is 3.31. The normalized spacial score (nSPS) is 22.5. The van der Waals surface area contributed by atoms with Crippen molar-refractivity contribution >= 4 is 38.5 Å². The molecule has 0 aliphatic carbocycles. The quantitative estimate of drug-likeness (QED) is 0.418. The van der Waals surface area contributed by atoms with Gasteiger partial charge >= 0.3 is 0 Å². The molecule has 2 aromatic carbocycles. The van der Waals surface area contributed by atoms with Crippen LogP contribution in [0, 0.1) is 0 Å². The third-order valence-corrected chi connectivity index (χ3v) is 10.1. The molecule has 3 unspecified atom stereocenters. The fourth-order valence-electron chi connectivity index (χ4n) is 5.14. The molecule has 3 amide bonds. The Labute approximate surface area is 209 Å². The van der Waals surface area contributed by atoms with Crippen molar-refractivity contribution in [2.24, 2.45) is 0 Å². The molecule has 2 aliphatic rings. The van der Waals surface area contributed by atoms with Crippen LogP contribution in [0.15, 0.2) is 60.8 Å². The summed E-state index contributed by atoms with van der Waals surface area (Å²) in [5.41, 5.74) is 2.64. The second-order valence-corrected chi connectivity index (χ2v) is 12.5. The van der Waals surface area contributed by atoms with Crippen LogP contribution in [0.4, 0.5) is 0 Å². The van der Waals surface area contributed by atoms with Crippen LogP contribution in [0.5, 0.6) is 0 Å². The zero-order valence-electron chi connectivity index (χ0n) is 20.0. The summed E-state index contributed by atoms with van der Waals surface area (Å²) in [7, 11) is -3.74. The topological polar surface area (TPSA) is 128 Å². The van der Waals surface area contributed by atoms with Crippen LogP contribution >= 0.6 is 0 Å². The van der Waals surface area contributed by atoms with E-state index < -0.39 is 43.9 Å². The first-order chi connectivity index (χ1) is 17.1. The van der Waals surface area contributed by atoms with Crippen molar-refractivity contribution in [3.63, 3.8) is 0 Å². The Kier molecular flexibility index (Phi) is 5.86. The number of aromatic nitrogens is 1. The molecule has 3 heterocycles. The number of rotatable bonds is 7. The maximum absolute atomic E-state index is 13.5. The van der Waals surface area contributed by atoms with E-state index >= 15 is 0 Å². The molecule has 10 heteroatoms. The van der Waals surface area contributed by atoms with Crippen LogP contribution in [0.1, 0.15) is 31.4 Å². The molecule has 3 atom stereocenters. The summed E-state index contributed by atoms with van der Waals surface area (Å²) in [4.78, 5) is 43.4. The Morgan fingerprint density at radius 1 is 1.11 bits per heavy atom. The minimum atomic E-state index is -3.74. The van der Waals surface area contributed by atoms with E-state index in [9.17, 15) is 22.8 Å². The molecule has 0 radical (unpaired) electrons. The van der Waals surface area contributed by atoms with Crippen LogP contribution in [-0.2, 0) is 37.2 Å². The number of carbonyl (C=O) groups is 3. The Morgan fingerprint density at radius 2 is 1.81 bits per heavy atom. The number of nitrogens with one attached hydrogen (secondary N) is 3. The fourth-order valence-corrected chi connectivity index (χ4v) is 7.28. The van der Waals surface area contributed by atoms with Crippen molar-refractivity contribution in [2.75, 3.05) is 0 Å². The van der Waals surface area contributed by atoms with Gasteiger partial charge in [-0.25, -0.2) is 8.42 Å². The van der Waals surface area contributed by atoms with Gasteiger partial charge in [0.1, 0.15) is 17.5 Å². The number of carbonyl (C=O) groups excluding carboxylic acids is 3. The monoisotopic (exact) mass is 508 g/mol. The summed E-state index contributed by atoms with van der Waals surface area (Å²) in [6.07, 6.45) is 1.87. The number of sulfone groups is 1. The number of aromatic amines is 1. The van der Waals surface area contributed by atoms with Gasteiger partial charge in [0.2, 0.25) is 17.7 Å². The summed E-state index contributed by atoms with van der Waals surface area (Å²) in [5.74, 6) is -1.43. The molecule has 5 rings (SSSR count). The van der Waals surface area contributed by atoms with Gasteiger partial charge in [0.25, 0.3) is 0 Å². The standard InChI is InChI=1S/C26H28N4O5S/c1-26(2)23(30-21(31)13-22(30)36(26,34)35)25(33)29-20(24(32)28-14-16-8-4-3-5-9-16)12-17-15-27-19-11-7-6-10-18(17)19/h3-11,15,20,22-23,27H,12-14H2,1-2H3,(H,28,32)(H,29,33). The van der Waals surface area contributed by atoms with Gasteiger partial charge < -0.3 is 20.5 Å². The van der Waals surface area contributed by atoms with Gasteiger partial charge in [0.05, 0.1) is 11.2 Å². The predicted molar refractivity (Wildman–Crippen MR) is 134 cm³/mol. The molecule has 0 bridgehead atoms. The minimum absolute atomic E-state index is 0.119. The lowest BCUT2D eigenvalue weighted by molar-refractivity contribution is -0.150.